The van der Waals surface area contributed by atoms with Crippen molar-refractivity contribution in [3.63, 3.8) is 0 Å². The SMILES string of the molecule is CCCC(O)(CCC)CN=C(NCC)NCCc1ccc(OC)c(OC)c1OC. The van der Waals surface area contributed by atoms with E-state index in [1.807, 2.05) is 19.1 Å². The molecule has 0 spiro atoms. The highest BCUT2D eigenvalue weighted by Crippen LogP contribution is 2.39. The minimum atomic E-state index is -0.738. The maximum Gasteiger partial charge on any atom is 0.203 e. The normalized spacial score (nSPS) is 11.9. The van der Waals surface area contributed by atoms with Crippen LogP contribution in [0, 0.1) is 0 Å². The van der Waals surface area contributed by atoms with Crippen LogP contribution in [0.4, 0.5) is 0 Å². The molecule has 0 saturated carbocycles. The van der Waals surface area contributed by atoms with E-state index in [9.17, 15) is 5.11 Å². The minimum Gasteiger partial charge on any atom is -0.493 e. The topological polar surface area (TPSA) is 84.3 Å². The number of methoxy groups -OCH3 is 3. The van der Waals surface area contributed by atoms with Crippen molar-refractivity contribution in [2.75, 3.05) is 41.0 Å². The van der Waals surface area contributed by atoms with Gasteiger partial charge in [0.2, 0.25) is 5.75 Å². The Bertz CT molecular complexity index is 629. The first-order valence-corrected chi connectivity index (χ1v) is 10.5. The number of ether oxygens (including phenoxy) is 3. The number of hydrogen-bond acceptors (Lipinski definition) is 5. The zero-order chi connectivity index (χ0) is 21.7. The molecule has 0 bridgehead atoms. The van der Waals surface area contributed by atoms with Gasteiger partial charge in [-0.2, -0.15) is 0 Å². The summed E-state index contributed by atoms with van der Waals surface area (Å²) in [6, 6.07) is 3.86. The minimum absolute atomic E-state index is 0.393. The van der Waals surface area contributed by atoms with Crippen LogP contribution in [0.25, 0.3) is 0 Å². The van der Waals surface area contributed by atoms with Crippen molar-refractivity contribution in [3.8, 4) is 17.2 Å². The predicted molar refractivity (Wildman–Crippen MR) is 119 cm³/mol. The zero-order valence-corrected chi connectivity index (χ0v) is 18.9. The molecular formula is C22H39N3O4. The van der Waals surface area contributed by atoms with E-state index < -0.39 is 5.60 Å². The van der Waals surface area contributed by atoms with E-state index in [1.54, 1.807) is 21.3 Å². The highest BCUT2D eigenvalue weighted by Gasteiger charge is 2.24. The fourth-order valence-corrected chi connectivity index (χ4v) is 3.46. The third-order valence-electron chi connectivity index (χ3n) is 4.78. The molecule has 0 amide bonds. The molecule has 1 aromatic rings. The third kappa shape index (κ3) is 7.65. The monoisotopic (exact) mass is 409 g/mol. The Labute approximate surface area is 175 Å². The van der Waals surface area contributed by atoms with Crippen LogP contribution >= 0.6 is 0 Å². The molecule has 7 heteroatoms. The van der Waals surface area contributed by atoms with Gasteiger partial charge in [0.1, 0.15) is 0 Å². The lowest BCUT2D eigenvalue weighted by molar-refractivity contribution is 0.0306. The van der Waals surface area contributed by atoms with Crippen molar-refractivity contribution in [3.05, 3.63) is 17.7 Å². The highest BCUT2D eigenvalue weighted by molar-refractivity contribution is 5.79. The van der Waals surface area contributed by atoms with Gasteiger partial charge in [-0.05, 0) is 32.3 Å². The Morgan fingerprint density at radius 1 is 0.966 bits per heavy atom. The first-order valence-electron chi connectivity index (χ1n) is 10.5. The van der Waals surface area contributed by atoms with Crippen molar-refractivity contribution < 1.29 is 19.3 Å². The number of benzene rings is 1. The van der Waals surface area contributed by atoms with Gasteiger partial charge in [-0.15, -0.1) is 0 Å². The van der Waals surface area contributed by atoms with Gasteiger partial charge >= 0.3 is 0 Å². The molecule has 7 nitrogen and oxygen atoms in total. The van der Waals surface area contributed by atoms with Crippen LogP contribution in [0.15, 0.2) is 17.1 Å². The average molecular weight is 410 g/mol. The van der Waals surface area contributed by atoms with Crippen molar-refractivity contribution >= 4 is 5.96 Å². The molecule has 1 aromatic carbocycles. The summed E-state index contributed by atoms with van der Waals surface area (Å²) in [5, 5.41) is 17.4. The Hall–Kier alpha value is -2.15. The van der Waals surface area contributed by atoms with E-state index in [0.29, 0.717) is 36.3 Å². The Balaban J connectivity index is 2.82. The van der Waals surface area contributed by atoms with E-state index in [0.717, 1.165) is 44.2 Å². The maximum atomic E-state index is 10.8. The second-order valence-electron chi connectivity index (χ2n) is 7.09. The fraction of sp³-hybridized carbons (Fsp3) is 0.682. The van der Waals surface area contributed by atoms with E-state index >= 15 is 0 Å². The lowest BCUT2D eigenvalue weighted by atomic mass is 9.93. The molecule has 0 atom stereocenters. The summed E-state index contributed by atoms with van der Waals surface area (Å²) in [4.78, 5) is 4.63. The number of hydrogen-bond donors (Lipinski definition) is 3. The summed E-state index contributed by atoms with van der Waals surface area (Å²) >= 11 is 0. The molecular weight excluding hydrogens is 370 g/mol. The molecule has 0 aliphatic heterocycles. The third-order valence-corrected chi connectivity index (χ3v) is 4.78. The summed E-state index contributed by atoms with van der Waals surface area (Å²) in [6.45, 7) is 8.01. The first-order chi connectivity index (χ1) is 14.0. The number of nitrogens with zero attached hydrogens (tertiary/aromatic N) is 1. The Morgan fingerprint density at radius 2 is 1.62 bits per heavy atom. The summed E-state index contributed by atoms with van der Waals surface area (Å²) in [7, 11) is 4.84. The molecule has 0 radical (unpaired) electrons. The second-order valence-corrected chi connectivity index (χ2v) is 7.09. The number of guanidine groups is 1. The van der Waals surface area contributed by atoms with Gasteiger partial charge in [0.05, 0.1) is 33.5 Å². The highest BCUT2D eigenvalue weighted by atomic mass is 16.5. The summed E-state index contributed by atoms with van der Waals surface area (Å²) in [6.07, 6.45) is 4.12. The van der Waals surface area contributed by atoms with Crippen LogP contribution in [-0.4, -0.2) is 57.6 Å². The molecule has 0 aliphatic carbocycles. The summed E-state index contributed by atoms with van der Waals surface area (Å²) in [5.41, 5.74) is 0.278. The van der Waals surface area contributed by atoms with Crippen molar-refractivity contribution in [2.45, 2.75) is 58.5 Å². The van der Waals surface area contributed by atoms with Gasteiger partial charge in [-0.25, -0.2) is 0 Å². The molecule has 0 heterocycles. The van der Waals surface area contributed by atoms with Crippen LogP contribution in [0.5, 0.6) is 17.2 Å². The standard InChI is InChI=1S/C22H39N3O4/c1-7-13-22(26,14-8-2)16-25-21(23-9-3)24-15-12-17-10-11-18(27-4)20(29-6)19(17)28-5/h10-11,26H,7-9,12-16H2,1-6H3,(H2,23,24,25). The van der Waals surface area contributed by atoms with Crippen molar-refractivity contribution in [1.29, 1.82) is 0 Å². The van der Waals surface area contributed by atoms with Crippen LogP contribution in [0.3, 0.4) is 0 Å². The quantitative estimate of drug-likeness (QED) is 0.343. The van der Waals surface area contributed by atoms with Crippen molar-refractivity contribution in [1.82, 2.24) is 10.6 Å². The maximum absolute atomic E-state index is 10.8. The van der Waals surface area contributed by atoms with Gasteiger partial charge in [0, 0.05) is 18.7 Å². The predicted octanol–water partition coefficient (Wildman–Crippen LogP) is 3.14. The number of aliphatic imine (C=N–C) groups is 1. The lowest BCUT2D eigenvalue weighted by Gasteiger charge is -2.26. The van der Waals surface area contributed by atoms with Gasteiger partial charge in [-0.1, -0.05) is 32.8 Å². The molecule has 0 fully saturated rings. The number of nitrogens with one attached hydrogen (secondary N) is 2. The Morgan fingerprint density at radius 3 is 2.14 bits per heavy atom. The van der Waals surface area contributed by atoms with Gasteiger partial charge < -0.3 is 30.0 Å². The summed E-state index contributed by atoms with van der Waals surface area (Å²) in [5.74, 6) is 2.62. The molecule has 29 heavy (non-hydrogen) atoms. The molecule has 0 aliphatic rings. The zero-order valence-electron chi connectivity index (χ0n) is 18.9. The van der Waals surface area contributed by atoms with Gasteiger partial charge in [0.15, 0.2) is 17.5 Å². The molecule has 3 N–H and O–H groups in total. The van der Waals surface area contributed by atoms with Crippen molar-refractivity contribution in [2.24, 2.45) is 4.99 Å². The van der Waals surface area contributed by atoms with Crippen LogP contribution in [-0.2, 0) is 6.42 Å². The average Bonchev–Trinajstić information content (AvgIpc) is 2.71. The fourth-order valence-electron chi connectivity index (χ4n) is 3.46. The molecule has 1 rings (SSSR count). The van der Waals surface area contributed by atoms with Crippen LogP contribution < -0.4 is 24.8 Å². The van der Waals surface area contributed by atoms with Crippen LogP contribution in [0.2, 0.25) is 0 Å². The second kappa shape index (κ2) is 13.1. The molecule has 0 saturated heterocycles. The van der Waals surface area contributed by atoms with E-state index in [-0.39, 0.29) is 0 Å². The number of rotatable bonds is 13. The smallest absolute Gasteiger partial charge is 0.203 e. The van der Waals surface area contributed by atoms with Crippen LogP contribution in [0.1, 0.15) is 52.0 Å². The molecule has 166 valence electrons. The van der Waals surface area contributed by atoms with Gasteiger partial charge in [0.25, 0.3) is 0 Å². The van der Waals surface area contributed by atoms with E-state index in [1.165, 1.54) is 0 Å². The van der Waals surface area contributed by atoms with Gasteiger partial charge in [-0.3, -0.25) is 4.99 Å². The van der Waals surface area contributed by atoms with E-state index in [4.69, 9.17) is 14.2 Å². The largest absolute Gasteiger partial charge is 0.493 e. The number of aliphatic hydroxyl groups is 1. The summed E-state index contributed by atoms with van der Waals surface area (Å²) < 4.78 is 16.3. The molecule has 0 unspecified atom stereocenters. The Kier molecular flexibility index (Phi) is 11.3. The van der Waals surface area contributed by atoms with E-state index in [2.05, 4.69) is 29.5 Å². The molecule has 0 aromatic heterocycles. The first kappa shape index (κ1) is 24.9. The lowest BCUT2D eigenvalue weighted by Crippen LogP contribution is -2.40.